The van der Waals surface area contributed by atoms with Crippen LogP contribution >= 0.6 is 15.9 Å². The summed E-state index contributed by atoms with van der Waals surface area (Å²) in [6.07, 6.45) is 4.30. The molecular formula is C15H20BrNO2. The van der Waals surface area contributed by atoms with Crippen molar-refractivity contribution in [1.82, 2.24) is 5.32 Å². The first-order chi connectivity index (χ1) is 9.19. The number of rotatable bonds is 7. The molecule has 1 aromatic carbocycles. The molecule has 1 aliphatic carbocycles. The van der Waals surface area contributed by atoms with E-state index in [1.807, 2.05) is 24.3 Å². The molecule has 1 fully saturated rings. The molecule has 2 rings (SSSR count). The van der Waals surface area contributed by atoms with Crippen LogP contribution in [0.15, 0.2) is 28.7 Å². The Morgan fingerprint density at radius 3 is 2.63 bits per heavy atom. The van der Waals surface area contributed by atoms with E-state index in [4.69, 9.17) is 5.11 Å². The highest BCUT2D eigenvalue weighted by Gasteiger charge is 2.31. The molecule has 1 amide bonds. The standard InChI is InChI=1S/C15H20BrNO2/c16-13-6-1-11(2-7-13)3-8-15(19)17-14(9-10-18)12-4-5-12/h1-2,6-7,12,14,18H,3-5,8-10H2,(H,17,19). The van der Waals surface area contributed by atoms with E-state index in [0.717, 1.165) is 10.9 Å². The van der Waals surface area contributed by atoms with E-state index in [9.17, 15) is 4.79 Å². The summed E-state index contributed by atoms with van der Waals surface area (Å²) in [5.41, 5.74) is 1.17. The fraction of sp³-hybridized carbons (Fsp3) is 0.533. The van der Waals surface area contributed by atoms with Crippen molar-refractivity contribution >= 4 is 21.8 Å². The van der Waals surface area contributed by atoms with Crippen molar-refractivity contribution in [3.05, 3.63) is 34.3 Å². The zero-order valence-electron chi connectivity index (χ0n) is 10.9. The molecule has 1 unspecified atom stereocenters. The lowest BCUT2D eigenvalue weighted by Crippen LogP contribution is -2.37. The van der Waals surface area contributed by atoms with E-state index >= 15 is 0 Å². The van der Waals surface area contributed by atoms with Crippen LogP contribution in [0.4, 0.5) is 0 Å². The SMILES string of the molecule is O=C(CCc1ccc(Br)cc1)NC(CCO)C1CC1. The van der Waals surface area contributed by atoms with Crippen LogP contribution in [-0.4, -0.2) is 23.7 Å². The third-order valence-electron chi connectivity index (χ3n) is 3.53. The maximum Gasteiger partial charge on any atom is 0.220 e. The molecule has 0 aromatic heterocycles. The number of nitrogens with one attached hydrogen (secondary N) is 1. The van der Waals surface area contributed by atoms with Crippen LogP contribution in [-0.2, 0) is 11.2 Å². The van der Waals surface area contributed by atoms with Gasteiger partial charge in [0.05, 0.1) is 0 Å². The first kappa shape index (κ1) is 14.5. The number of hydrogen-bond acceptors (Lipinski definition) is 2. The Labute approximate surface area is 122 Å². The summed E-state index contributed by atoms with van der Waals surface area (Å²) in [6, 6.07) is 8.22. The normalized spacial score (nSPS) is 16.1. The average molecular weight is 326 g/mol. The number of carbonyl (C=O) groups excluding carboxylic acids is 1. The molecular weight excluding hydrogens is 306 g/mol. The molecule has 0 heterocycles. The highest BCUT2D eigenvalue weighted by molar-refractivity contribution is 9.10. The van der Waals surface area contributed by atoms with Gasteiger partial charge in [0.15, 0.2) is 0 Å². The highest BCUT2D eigenvalue weighted by Crippen LogP contribution is 2.33. The van der Waals surface area contributed by atoms with Gasteiger partial charge in [-0.3, -0.25) is 4.79 Å². The summed E-state index contributed by atoms with van der Waals surface area (Å²) < 4.78 is 1.05. The second-order valence-electron chi connectivity index (χ2n) is 5.15. The predicted molar refractivity (Wildman–Crippen MR) is 78.8 cm³/mol. The number of hydrogen-bond donors (Lipinski definition) is 2. The molecule has 4 heteroatoms. The van der Waals surface area contributed by atoms with Crippen molar-refractivity contribution in [2.75, 3.05) is 6.61 Å². The van der Waals surface area contributed by atoms with Crippen LogP contribution in [0.25, 0.3) is 0 Å². The summed E-state index contributed by atoms with van der Waals surface area (Å²) in [7, 11) is 0. The van der Waals surface area contributed by atoms with Gasteiger partial charge in [-0.2, -0.15) is 0 Å². The molecule has 1 atom stereocenters. The fourth-order valence-electron chi connectivity index (χ4n) is 2.25. The highest BCUT2D eigenvalue weighted by atomic mass is 79.9. The van der Waals surface area contributed by atoms with Crippen LogP contribution in [0.2, 0.25) is 0 Å². The van der Waals surface area contributed by atoms with Crippen LogP contribution in [0, 0.1) is 5.92 Å². The number of benzene rings is 1. The lowest BCUT2D eigenvalue weighted by atomic mass is 10.1. The molecule has 0 spiro atoms. The largest absolute Gasteiger partial charge is 0.396 e. The molecule has 19 heavy (non-hydrogen) atoms. The maximum absolute atomic E-state index is 11.9. The van der Waals surface area contributed by atoms with Crippen LogP contribution in [0.3, 0.4) is 0 Å². The van der Waals surface area contributed by atoms with Gasteiger partial charge in [0.1, 0.15) is 0 Å². The Hall–Kier alpha value is -0.870. The number of amides is 1. The van der Waals surface area contributed by atoms with Gasteiger partial charge in [-0.25, -0.2) is 0 Å². The van der Waals surface area contributed by atoms with E-state index < -0.39 is 0 Å². The van der Waals surface area contributed by atoms with E-state index in [1.165, 1.54) is 18.4 Å². The molecule has 3 nitrogen and oxygen atoms in total. The maximum atomic E-state index is 11.9. The minimum Gasteiger partial charge on any atom is -0.396 e. The lowest BCUT2D eigenvalue weighted by Gasteiger charge is -2.17. The van der Waals surface area contributed by atoms with Crippen LogP contribution in [0.5, 0.6) is 0 Å². The summed E-state index contributed by atoms with van der Waals surface area (Å²) >= 11 is 3.40. The van der Waals surface area contributed by atoms with Crippen molar-refractivity contribution in [3.8, 4) is 0 Å². The molecule has 1 aliphatic rings. The quantitative estimate of drug-likeness (QED) is 0.809. The Morgan fingerprint density at radius 1 is 1.37 bits per heavy atom. The summed E-state index contributed by atoms with van der Waals surface area (Å²) in [4.78, 5) is 11.9. The van der Waals surface area contributed by atoms with Gasteiger partial charge < -0.3 is 10.4 Å². The van der Waals surface area contributed by atoms with Crippen LogP contribution in [0.1, 0.15) is 31.2 Å². The molecule has 1 aromatic rings. The van der Waals surface area contributed by atoms with Crippen molar-refractivity contribution in [2.45, 2.75) is 38.1 Å². The first-order valence-corrected chi connectivity index (χ1v) is 7.63. The van der Waals surface area contributed by atoms with Gasteiger partial charge in [0, 0.05) is 23.5 Å². The van der Waals surface area contributed by atoms with Gasteiger partial charge in [-0.05, 0) is 49.3 Å². The van der Waals surface area contributed by atoms with Gasteiger partial charge in [-0.1, -0.05) is 28.1 Å². The van der Waals surface area contributed by atoms with E-state index in [1.54, 1.807) is 0 Å². The molecule has 1 saturated carbocycles. The van der Waals surface area contributed by atoms with E-state index in [2.05, 4.69) is 21.2 Å². The Morgan fingerprint density at radius 2 is 2.05 bits per heavy atom. The van der Waals surface area contributed by atoms with Gasteiger partial charge >= 0.3 is 0 Å². The summed E-state index contributed by atoms with van der Waals surface area (Å²) in [6.45, 7) is 0.147. The molecule has 0 radical (unpaired) electrons. The zero-order chi connectivity index (χ0) is 13.7. The number of aryl methyl sites for hydroxylation is 1. The monoisotopic (exact) mass is 325 g/mol. The first-order valence-electron chi connectivity index (χ1n) is 6.83. The smallest absolute Gasteiger partial charge is 0.220 e. The molecule has 2 N–H and O–H groups in total. The summed E-state index contributed by atoms with van der Waals surface area (Å²) in [5, 5.41) is 12.1. The van der Waals surface area contributed by atoms with Crippen LogP contribution < -0.4 is 5.32 Å². The van der Waals surface area contributed by atoms with Crippen molar-refractivity contribution in [3.63, 3.8) is 0 Å². The van der Waals surface area contributed by atoms with Gasteiger partial charge in [0.2, 0.25) is 5.91 Å². The average Bonchev–Trinajstić information content (AvgIpc) is 3.22. The fourth-order valence-corrected chi connectivity index (χ4v) is 2.52. The number of carbonyl (C=O) groups is 1. The molecule has 0 aliphatic heterocycles. The van der Waals surface area contributed by atoms with E-state index in [-0.39, 0.29) is 18.6 Å². The second-order valence-corrected chi connectivity index (χ2v) is 6.07. The summed E-state index contributed by atoms with van der Waals surface area (Å²) in [5.74, 6) is 0.678. The second kappa shape index (κ2) is 7.06. The van der Waals surface area contributed by atoms with Crippen molar-refractivity contribution < 1.29 is 9.90 Å². The molecule has 104 valence electrons. The van der Waals surface area contributed by atoms with E-state index in [0.29, 0.717) is 18.8 Å². The van der Waals surface area contributed by atoms with Crippen molar-refractivity contribution in [2.24, 2.45) is 5.92 Å². The topological polar surface area (TPSA) is 49.3 Å². The predicted octanol–water partition coefficient (Wildman–Crippen LogP) is 2.66. The van der Waals surface area contributed by atoms with Crippen molar-refractivity contribution in [1.29, 1.82) is 0 Å². The zero-order valence-corrected chi connectivity index (χ0v) is 12.5. The number of halogens is 1. The Balaban J connectivity index is 1.75. The Bertz CT molecular complexity index is 415. The third-order valence-corrected chi connectivity index (χ3v) is 4.06. The minimum atomic E-state index is 0.0910. The Kier molecular flexibility index (Phi) is 5.40. The third kappa shape index (κ3) is 4.96. The molecule has 0 bridgehead atoms. The number of aliphatic hydroxyl groups excluding tert-OH is 1. The molecule has 0 saturated heterocycles. The lowest BCUT2D eigenvalue weighted by molar-refractivity contribution is -0.122. The van der Waals surface area contributed by atoms with Gasteiger partial charge in [-0.15, -0.1) is 0 Å². The minimum absolute atomic E-state index is 0.0910. The van der Waals surface area contributed by atoms with Gasteiger partial charge in [0.25, 0.3) is 0 Å². The number of aliphatic hydroxyl groups is 1.